The molecule has 90 valence electrons. The van der Waals surface area contributed by atoms with E-state index in [9.17, 15) is 0 Å². The number of nitrogens with one attached hydrogen (secondary N) is 1. The predicted octanol–water partition coefficient (Wildman–Crippen LogP) is 3.51. The van der Waals surface area contributed by atoms with E-state index in [0.717, 1.165) is 5.57 Å². The SMILES string of the molecule is CC(C)=CN=C(N=CC(C)C)NC=C(C)C. The lowest BCUT2D eigenvalue weighted by atomic mass is 10.2. The summed E-state index contributed by atoms with van der Waals surface area (Å²) < 4.78 is 0. The minimum atomic E-state index is 0.422. The van der Waals surface area contributed by atoms with Crippen molar-refractivity contribution in [2.45, 2.75) is 41.5 Å². The van der Waals surface area contributed by atoms with Gasteiger partial charge in [-0.25, -0.2) is 9.98 Å². The second kappa shape index (κ2) is 7.85. The van der Waals surface area contributed by atoms with E-state index >= 15 is 0 Å². The van der Waals surface area contributed by atoms with E-state index in [-0.39, 0.29) is 0 Å². The van der Waals surface area contributed by atoms with Crippen molar-refractivity contribution >= 4 is 12.2 Å². The third kappa shape index (κ3) is 9.19. The Kier molecular flexibility index (Phi) is 7.18. The topological polar surface area (TPSA) is 36.8 Å². The molecule has 0 aliphatic carbocycles. The number of hydrogen-bond acceptors (Lipinski definition) is 1. The second-order valence-electron chi connectivity index (χ2n) is 4.55. The molecule has 3 heteroatoms. The summed E-state index contributed by atoms with van der Waals surface area (Å²) in [6, 6.07) is 0. The molecule has 0 aliphatic rings. The fourth-order valence-corrected chi connectivity index (χ4v) is 0.727. The zero-order valence-electron chi connectivity index (χ0n) is 11.2. The average Bonchev–Trinajstić information content (AvgIpc) is 2.15. The summed E-state index contributed by atoms with van der Waals surface area (Å²) in [5.41, 5.74) is 2.33. The Morgan fingerprint density at radius 3 is 2.12 bits per heavy atom. The lowest BCUT2D eigenvalue weighted by Crippen LogP contribution is -2.15. The molecule has 3 nitrogen and oxygen atoms in total. The first-order valence-electron chi connectivity index (χ1n) is 5.57. The molecule has 0 saturated carbocycles. The normalized spacial score (nSPS) is 11.8. The van der Waals surface area contributed by atoms with Gasteiger partial charge in [0.15, 0.2) is 0 Å². The van der Waals surface area contributed by atoms with Gasteiger partial charge in [0, 0.05) is 18.6 Å². The van der Waals surface area contributed by atoms with E-state index < -0.39 is 0 Å². The third-order valence-electron chi connectivity index (χ3n) is 1.43. The largest absolute Gasteiger partial charge is 0.331 e. The molecule has 0 aromatic carbocycles. The maximum absolute atomic E-state index is 4.29. The molecule has 0 amide bonds. The fraction of sp³-hybridized carbons (Fsp3) is 0.538. The van der Waals surface area contributed by atoms with Crippen LogP contribution in [0.2, 0.25) is 0 Å². The van der Waals surface area contributed by atoms with Gasteiger partial charge in [0.2, 0.25) is 5.96 Å². The van der Waals surface area contributed by atoms with Gasteiger partial charge in [-0.05, 0) is 33.6 Å². The monoisotopic (exact) mass is 221 g/mol. The maximum Gasteiger partial charge on any atom is 0.226 e. The van der Waals surface area contributed by atoms with E-state index in [1.54, 1.807) is 6.20 Å². The summed E-state index contributed by atoms with van der Waals surface area (Å²) in [4.78, 5) is 8.56. The highest BCUT2D eigenvalue weighted by Crippen LogP contribution is 1.93. The highest BCUT2D eigenvalue weighted by atomic mass is 15.1. The summed E-state index contributed by atoms with van der Waals surface area (Å²) in [5.74, 6) is 1.04. The van der Waals surface area contributed by atoms with Crippen LogP contribution in [0.15, 0.2) is 33.5 Å². The quantitative estimate of drug-likeness (QED) is 0.574. The molecule has 0 spiro atoms. The lowest BCUT2D eigenvalue weighted by molar-refractivity contribution is 0.907. The zero-order valence-corrected chi connectivity index (χ0v) is 11.2. The third-order valence-corrected chi connectivity index (χ3v) is 1.43. The minimum absolute atomic E-state index is 0.422. The van der Waals surface area contributed by atoms with Crippen LogP contribution >= 0.6 is 0 Å². The first-order valence-corrected chi connectivity index (χ1v) is 5.57. The summed E-state index contributed by atoms with van der Waals surface area (Å²) in [7, 11) is 0. The van der Waals surface area contributed by atoms with Crippen LogP contribution < -0.4 is 5.32 Å². The summed E-state index contributed by atoms with van der Waals surface area (Å²) in [6.07, 6.45) is 5.58. The number of guanidine groups is 1. The number of nitrogens with zero attached hydrogens (tertiary/aromatic N) is 2. The molecule has 16 heavy (non-hydrogen) atoms. The smallest absolute Gasteiger partial charge is 0.226 e. The van der Waals surface area contributed by atoms with E-state index in [4.69, 9.17) is 0 Å². The molecule has 0 rings (SSSR count). The molecule has 0 bridgehead atoms. The van der Waals surface area contributed by atoms with Gasteiger partial charge in [-0.1, -0.05) is 25.0 Å². The fourth-order valence-electron chi connectivity index (χ4n) is 0.727. The van der Waals surface area contributed by atoms with Crippen LogP contribution in [-0.4, -0.2) is 12.2 Å². The molecule has 0 saturated heterocycles. The molecule has 0 aromatic heterocycles. The number of rotatable bonds is 3. The highest BCUT2D eigenvalue weighted by molar-refractivity contribution is 5.89. The number of allylic oxidation sites excluding steroid dienone is 2. The molecule has 0 radical (unpaired) electrons. The number of aliphatic imine (C=N–C) groups is 2. The molecule has 0 fully saturated rings. The van der Waals surface area contributed by atoms with Gasteiger partial charge in [-0.2, -0.15) is 0 Å². The van der Waals surface area contributed by atoms with Crippen LogP contribution in [0.4, 0.5) is 0 Å². The second-order valence-corrected chi connectivity index (χ2v) is 4.55. The van der Waals surface area contributed by atoms with Crippen molar-refractivity contribution in [1.82, 2.24) is 5.32 Å². The Hall–Kier alpha value is -1.38. The zero-order chi connectivity index (χ0) is 12.6. The Balaban J connectivity index is 4.70. The average molecular weight is 221 g/mol. The predicted molar refractivity (Wildman–Crippen MR) is 72.8 cm³/mol. The molecule has 0 unspecified atom stereocenters. The summed E-state index contributed by atoms with van der Waals surface area (Å²) in [5, 5.41) is 3.08. The first kappa shape index (κ1) is 14.6. The van der Waals surface area contributed by atoms with Crippen LogP contribution in [-0.2, 0) is 0 Å². The minimum Gasteiger partial charge on any atom is -0.331 e. The molecule has 1 N–H and O–H groups in total. The molecule has 0 aromatic rings. The van der Waals surface area contributed by atoms with Crippen LogP contribution in [0.3, 0.4) is 0 Å². The van der Waals surface area contributed by atoms with E-state index in [1.807, 2.05) is 40.1 Å². The Morgan fingerprint density at radius 2 is 1.69 bits per heavy atom. The van der Waals surface area contributed by atoms with Gasteiger partial charge in [0.05, 0.1) is 0 Å². The van der Waals surface area contributed by atoms with Crippen LogP contribution in [0.1, 0.15) is 41.5 Å². The number of hydrogen-bond donors (Lipinski definition) is 1. The van der Waals surface area contributed by atoms with E-state index in [0.29, 0.717) is 11.9 Å². The van der Waals surface area contributed by atoms with Crippen molar-refractivity contribution in [2.24, 2.45) is 15.9 Å². The van der Waals surface area contributed by atoms with Crippen molar-refractivity contribution in [3.63, 3.8) is 0 Å². The standard InChI is InChI=1S/C13H23N3/c1-10(2)7-14-13(15-8-11(3)4)16-9-12(5)6/h7-10H,1-6H3,(H,15,16). The maximum atomic E-state index is 4.29. The van der Waals surface area contributed by atoms with E-state index in [1.165, 1.54) is 5.57 Å². The van der Waals surface area contributed by atoms with E-state index in [2.05, 4.69) is 29.1 Å². The lowest BCUT2D eigenvalue weighted by Gasteiger charge is -2.01. The van der Waals surface area contributed by atoms with Gasteiger partial charge >= 0.3 is 0 Å². The Bertz CT molecular complexity index is 312. The first-order chi connectivity index (χ1) is 7.41. The van der Waals surface area contributed by atoms with Crippen molar-refractivity contribution < 1.29 is 0 Å². The van der Waals surface area contributed by atoms with Gasteiger partial charge in [-0.15, -0.1) is 0 Å². The molecular formula is C13H23N3. The van der Waals surface area contributed by atoms with Gasteiger partial charge < -0.3 is 5.32 Å². The molecular weight excluding hydrogens is 198 g/mol. The van der Waals surface area contributed by atoms with Crippen LogP contribution in [0.25, 0.3) is 0 Å². The van der Waals surface area contributed by atoms with Crippen molar-refractivity contribution in [1.29, 1.82) is 0 Å². The molecule has 0 aliphatic heterocycles. The molecule has 0 heterocycles. The van der Waals surface area contributed by atoms with Gasteiger partial charge in [-0.3, -0.25) is 0 Å². The van der Waals surface area contributed by atoms with Gasteiger partial charge in [0.25, 0.3) is 0 Å². The van der Waals surface area contributed by atoms with Crippen LogP contribution in [0.5, 0.6) is 0 Å². The van der Waals surface area contributed by atoms with Crippen molar-refractivity contribution in [3.05, 3.63) is 23.5 Å². The Morgan fingerprint density at radius 1 is 1.06 bits per heavy atom. The Labute approximate surface area is 99.1 Å². The van der Waals surface area contributed by atoms with Crippen molar-refractivity contribution in [3.8, 4) is 0 Å². The van der Waals surface area contributed by atoms with Crippen LogP contribution in [0, 0.1) is 5.92 Å². The highest BCUT2D eigenvalue weighted by Gasteiger charge is 1.92. The van der Waals surface area contributed by atoms with Gasteiger partial charge in [0.1, 0.15) is 0 Å². The summed E-state index contributed by atoms with van der Waals surface area (Å²) in [6.45, 7) is 12.2. The summed E-state index contributed by atoms with van der Waals surface area (Å²) >= 11 is 0. The molecule has 0 atom stereocenters. The van der Waals surface area contributed by atoms with Crippen molar-refractivity contribution in [2.75, 3.05) is 0 Å².